The second kappa shape index (κ2) is 12.0. The smallest absolute Gasteiger partial charge is 0.277 e. The molecule has 0 unspecified atom stereocenters. The van der Waals surface area contributed by atoms with E-state index in [4.69, 9.17) is 19.9 Å². The largest absolute Gasteiger partial charge is 0.394 e. The third-order valence-electron chi connectivity index (χ3n) is 3.93. The van der Waals surface area contributed by atoms with E-state index in [-0.39, 0.29) is 49.8 Å². The van der Waals surface area contributed by atoms with Gasteiger partial charge in [0.2, 0.25) is 0 Å². The molecule has 0 saturated heterocycles. The van der Waals surface area contributed by atoms with Crippen molar-refractivity contribution in [1.29, 1.82) is 0 Å². The SMILES string of the molecule is C=Cc1ccc(Nc2c(C(=O)NOCCO)cc(CNOCCO)c(F)c2F)c(F)c1. The molecule has 5 N–H and O–H groups in total. The first-order valence-electron chi connectivity index (χ1n) is 9.11. The van der Waals surface area contributed by atoms with Crippen LogP contribution in [0.15, 0.2) is 30.8 Å². The summed E-state index contributed by atoms with van der Waals surface area (Å²) in [6, 6.07) is 4.94. The van der Waals surface area contributed by atoms with Gasteiger partial charge >= 0.3 is 0 Å². The van der Waals surface area contributed by atoms with E-state index in [0.717, 1.165) is 12.1 Å². The maximum atomic E-state index is 14.9. The van der Waals surface area contributed by atoms with Crippen molar-refractivity contribution in [3.63, 3.8) is 0 Å². The van der Waals surface area contributed by atoms with Gasteiger partial charge in [-0.25, -0.2) is 18.7 Å². The van der Waals surface area contributed by atoms with Crippen molar-refractivity contribution in [3.8, 4) is 0 Å². The molecule has 31 heavy (non-hydrogen) atoms. The number of hydrogen-bond donors (Lipinski definition) is 5. The van der Waals surface area contributed by atoms with Gasteiger partial charge in [-0.05, 0) is 23.8 Å². The summed E-state index contributed by atoms with van der Waals surface area (Å²) in [4.78, 5) is 22.0. The minimum atomic E-state index is -1.43. The summed E-state index contributed by atoms with van der Waals surface area (Å²) < 4.78 is 43.8. The summed E-state index contributed by atoms with van der Waals surface area (Å²) in [5, 5.41) is 19.8. The van der Waals surface area contributed by atoms with Gasteiger partial charge in [-0.3, -0.25) is 14.5 Å². The van der Waals surface area contributed by atoms with Gasteiger partial charge in [-0.1, -0.05) is 18.7 Å². The summed E-state index contributed by atoms with van der Waals surface area (Å²) in [5.74, 6) is -4.46. The predicted octanol–water partition coefficient (Wildman–Crippen LogP) is 2.16. The molecule has 2 rings (SSSR count). The first-order chi connectivity index (χ1) is 14.9. The molecule has 0 saturated carbocycles. The molecule has 0 aliphatic rings. The third kappa shape index (κ3) is 6.51. The zero-order chi connectivity index (χ0) is 22.8. The van der Waals surface area contributed by atoms with E-state index in [1.807, 2.05) is 5.48 Å². The fourth-order valence-electron chi connectivity index (χ4n) is 2.47. The first kappa shape index (κ1) is 24.3. The summed E-state index contributed by atoms with van der Waals surface area (Å²) >= 11 is 0. The van der Waals surface area contributed by atoms with Gasteiger partial charge in [0.1, 0.15) is 5.82 Å². The van der Waals surface area contributed by atoms with Crippen molar-refractivity contribution in [3.05, 3.63) is 65.0 Å². The van der Waals surface area contributed by atoms with E-state index in [9.17, 15) is 18.0 Å². The van der Waals surface area contributed by atoms with Gasteiger partial charge in [0.05, 0.1) is 43.4 Å². The Bertz CT molecular complexity index is 927. The topological polar surface area (TPSA) is 112 Å². The first-order valence-corrected chi connectivity index (χ1v) is 9.11. The Morgan fingerprint density at radius 2 is 1.77 bits per heavy atom. The highest BCUT2D eigenvalue weighted by Gasteiger charge is 2.24. The highest BCUT2D eigenvalue weighted by Crippen LogP contribution is 2.30. The molecule has 0 aliphatic carbocycles. The second-order valence-electron chi connectivity index (χ2n) is 6.05. The minimum Gasteiger partial charge on any atom is -0.394 e. The zero-order valence-electron chi connectivity index (χ0n) is 16.4. The van der Waals surface area contributed by atoms with Gasteiger partial charge in [0.15, 0.2) is 11.6 Å². The number of carbonyl (C=O) groups is 1. The lowest BCUT2D eigenvalue weighted by atomic mass is 10.1. The van der Waals surface area contributed by atoms with E-state index in [1.165, 1.54) is 18.2 Å². The molecule has 0 atom stereocenters. The Morgan fingerprint density at radius 3 is 2.42 bits per heavy atom. The average Bonchev–Trinajstić information content (AvgIpc) is 2.76. The normalized spacial score (nSPS) is 10.7. The number of carbonyl (C=O) groups excluding carboxylic acids is 1. The van der Waals surface area contributed by atoms with Gasteiger partial charge in [-0.15, -0.1) is 0 Å². The van der Waals surface area contributed by atoms with Crippen LogP contribution in [0.5, 0.6) is 0 Å². The quantitative estimate of drug-likeness (QED) is 0.254. The van der Waals surface area contributed by atoms with Gasteiger partial charge < -0.3 is 15.5 Å². The summed E-state index contributed by atoms with van der Waals surface area (Å²) in [6.45, 7) is 2.18. The molecule has 0 aliphatic heterocycles. The third-order valence-corrected chi connectivity index (χ3v) is 3.93. The second-order valence-corrected chi connectivity index (χ2v) is 6.05. The van der Waals surface area contributed by atoms with Crippen LogP contribution in [0.25, 0.3) is 6.08 Å². The molecule has 1 amide bonds. The van der Waals surface area contributed by atoms with Crippen molar-refractivity contribution in [2.24, 2.45) is 0 Å². The number of nitrogens with one attached hydrogen (secondary N) is 3. The van der Waals surface area contributed by atoms with Crippen molar-refractivity contribution in [1.82, 2.24) is 11.0 Å². The Morgan fingerprint density at radius 1 is 1.06 bits per heavy atom. The lowest BCUT2D eigenvalue weighted by molar-refractivity contribution is 0.0131. The molecule has 0 heterocycles. The van der Waals surface area contributed by atoms with Crippen LogP contribution in [0, 0.1) is 17.5 Å². The van der Waals surface area contributed by atoms with Crippen molar-refractivity contribution in [2.75, 3.05) is 31.7 Å². The fraction of sp³-hybridized carbons (Fsp3) is 0.250. The number of rotatable bonds is 12. The zero-order valence-corrected chi connectivity index (χ0v) is 16.4. The van der Waals surface area contributed by atoms with E-state index in [1.54, 1.807) is 0 Å². The van der Waals surface area contributed by atoms with Gasteiger partial charge in [-0.2, -0.15) is 5.48 Å². The molecule has 168 valence electrons. The molecule has 0 radical (unpaired) electrons. The van der Waals surface area contributed by atoms with Crippen LogP contribution in [-0.4, -0.2) is 42.5 Å². The van der Waals surface area contributed by atoms with Crippen LogP contribution in [0.3, 0.4) is 0 Å². The Hall–Kier alpha value is -2.96. The van der Waals surface area contributed by atoms with E-state index in [2.05, 4.69) is 17.4 Å². The fourth-order valence-corrected chi connectivity index (χ4v) is 2.47. The summed E-state index contributed by atoms with van der Waals surface area (Å²) in [5.41, 5.74) is 3.31. The molecule has 2 aromatic carbocycles. The van der Waals surface area contributed by atoms with Crippen LogP contribution < -0.4 is 16.3 Å². The molecule has 0 spiro atoms. The number of aliphatic hydroxyl groups is 2. The minimum absolute atomic E-state index is 0.0912. The number of hydrogen-bond acceptors (Lipinski definition) is 7. The number of hydroxylamine groups is 2. The van der Waals surface area contributed by atoms with E-state index in [0.29, 0.717) is 5.56 Å². The molecule has 2 aromatic rings. The van der Waals surface area contributed by atoms with E-state index < -0.39 is 29.0 Å². The predicted molar refractivity (Wildman–Crippen MR) is 107 cm³/mol. The molecule has 8 nitrogen and oxygen atoms in total. The molecule has 0 fully saturated rings. The molecule has 11 heteroatoms. The maximum Gasteiger partial charge on any atom is 0.277 e. The van der Waals surface area contributed by atoms with Crippen LogP contribution >= 0.6 is 0 Å². The Kier molecular flexibility index (Phi) is 9.43. The number of aliphatic hydroxyl groups excluding tert-OH is 2. The maximum absolute atomic E-state index is 14.9. The van der Waals surface area contributed by atoms with Gasteiger partial charge in [0, 0.05) is 12.1 Å². The average molecular weight is 441 g/mol. The Labute approximate surface area is 176 Å². The molecule has 0 bridgehead atoms. The van der Waals surface area contributed by atoms with E-state index >= 15 is 0 Å². The number of benzene rings is 2. The van der Waals surface area contributed by atoms with Crippen molar-refractivity contribution in [2.45, 2.75) is 6.54 Å². The number of amides is 1. The molecule has 0 aromatic heterocycles. The highest BCUT2D eigenvalue weighted by atomic mass is 19.2. The number of anilines is 2. The lowest BCUT2D eigenvalue weighted by Gasteiger charge is -2.17. The van der Waals surface area contributed by atoms with Crippen LogP contribution in [0.2, 0.25) is 0 Å². The molecular formula is C20H22F3N3O5. The Balaban J connectivity index is 2.42. The standard InChI is InChI=1S/C20H22F3N3O5/c1-2-12-3-4-16(15(21)9-12)25-19-14(20(29)26-31-8-6-28)10-13(17(22)18(19)23)11-24-30-7-5-27/h2-4,9-10,24-25,27-28H,1,5-8,11H2,(H,26,29). The van der Waals surface area contributed by atoms with Crippen LogP contribution in [-0.2, 0) is 16.2 Å². The van der Waals surface area contributed by atoms with Crippen LogP contribution in [0.1, 0.15) is 21.5 Å². The highest BCUT2D eigenvalue weighted by molar-refractivity contribution is 6.00. The number of halogens is 3. The summed E-state index contributed by atoms with van der Waals surface area (Å²) in [7, 11) is 0. The lowest BCUT2D eigenvalue weighted by Crippen LogP contribution is -2.27. The van der Waals surface area contributed by atoms with Crippen molar-refractivity contribution < 1.29 is 37.9 Å². The summed E-state index contributed by atoms with van der Waals surface area (Å²) in [6.07, 6.45) is 1.41. The monoisotopic (exact) mass is 441 g/mol. The van der Waals surface area contributed by atoms with Crippen LogP contribution in [0.4, 0.5) is 24.5 Å². The van der Waals surface area contributed by atoms with Crippen molar-refractivity contribution >= 4 is 23.4 Å². The van der Waals surface area contributed by atoms with Gasteiger partial charge in [0.25, 0.3) is 5.91 Å². The molecular weight excluding hydrogens is 419 g/mol.